The van der Waals surface area contributed by atoms with Gasteiger partial charge in [0.25, 0.3) is 5.89 Å². The third-order valence-electron chi connectivity index (χ3n) is 6.16. The minimum absolute atomic E-state index is 0.141. The van der Waals surface area contributed by atoms with E-state index in [1.165, 1.54) is 5.56 Å². The molecule has 0 radical (unpaired) electrons. The molecule has 0 spiro atoms. The number of amides is 2. The number of benzene rings is 2. The molecule has 1 aliphatic rings. The summed E-state index contributed by atoms with van der Waals surface area (Å²) in [5.74, 6) is 0.938. The second-order valence-electron chi connectivity index (χ2n) is 8.47. The summed E-state index contributed by atoms with van der Waals surface area (Å²) in [7, 11) is 0. The minimum atomic E-state index is -0.382. The van der Waals surface area contributed by atoms with Crippen molar-refractivity contribution < 1.29 is 14.1 Å². The third kappa shape index (κ3) is 5.04. The standard InChI is InChI=1S/C27H32N4O3/c1-5-20-10-14-22(15-11-20)25-29-26(34-30-25)23-19(4)31(16-7-17-33-6-2)27(32)28-24(23)21-12-8-18(3)9-13-21/h8-15,24H,5-7,16-17H2,1-4H3,(H,28,32). The highest BCUT2D eigenvalue weighted by atomic mass is 16.5. The van der Waals surface area contributed by atoms with Gasteiger partial charge < -0.3 is 14.6 Å². The van der Waals surface area contributed by atoms with Crippen molar-refractivity contribution >= 4 is 11.6 Å². The molecule has 0 aliphatic carbocycles. The van der Waals surface area contributed by atoms with Crippen LogP contribution in [0.4, 0.5) is 4.79 Å². The Morgan fingerprint density at radius 3 is 2.47 bits per heavy atom. The molecule has 1 unspecified atom stereocenters. The Labute approximate surface area is 200 Å². The second-order valence-corrected chi connectivity index (χ2v) is 8.47. The molecular formula is C27H32N4O3. The molecule has 0 saturated carbocycles. The van der Waals surface area contributed by atoms with Gasteiger partial charge in [0.05, 0.1) is 11.6 Å². The van der Waals surface area contributed by atoms with Gasteiger partial charge in [-0.2, -0.15) is 4.98 Å². The average molecular weight is 461 g/mol. The van der Waals surface area contributed by atoms with Gasteiger partial charge in [-0.25, -0.2) is 4.79 Å². The van der Waals surface area contributed by atoms with Crippen LogP contribution in [0.1, 0.15) is 55.8 Å². The summed E-state index contributed by atoms with van der Waals surface area (Å²) in [4.78, 5) is 19.5. The van der Waals surface area contributed by atoms with Gasteiger partial charge in [0.1, 0.15) is 0 Å². The molecule has 0 fully saturated rings. The number of aryl methyl sites for hydroxylation is 2. The summed E-state index contributed by atoms with van der Waals surface area (Å²) in [6, 6.07) is 15.8. The molecule has 7 nitrogen and oxygen atoms in total. The van der Waals surface area contributed by atoms with E-state index in [0.29, 0.717) is 31.5 Å². The molecular weight excluding hydrogens is 428 g/mol. The predicted molar refractivity (Wildman–Crippen MR) is 132 cm³/mol. The van der Waals surface area contributed by atoms with E-state index >= 15 is 0 Å². The Kier molecular flexibility index (Phi) is 7.43. The Bertz CT molecular complexity index is 1150. The van der Waals surface area contributed by atoms with Crippen LogP contribution in [0.2, 0.25) is 0 Å². The predicted octanol–water partition coefficient (Wildman–Crippen LogP) is 5.53. The lowest BCUT2D eigenvalue weighted by molar-refractivity contribution is 0.136. The van der Waals surface area contributed by atoms with Crippen molar-refractivity contribution in [1.29, 1.82) is 0 Å². The highest BCUT2D eigenvalue weighted by molar-refractivity contribution is 5.86. The molecule has 1 aliphatic heterocycles. The molecule has 178 valence electrons. The van der Waals surface area contributed by atoms with Gasteiger partial charge in [0, 0.05) is 31.0 Å². The van der Waals surface area contributed by atoms with Crippen LogP contribution in [0, 0.1) is 6.92 Å². The van der Waals surface area contributed by atoms with E-state index in [1.54, 1.807) is 4.90 Å². The Morgan fingerprint density at radius 1 is 1.06 bits per heavy atom. The first-order valence-electron chi connectivity index (χ1n) is 11.9. The molecule has 2 heterocycles. The Hall–Kier alpha value is -3.45. The molecule has 34 heavy (non-hydrogen) atoms. The molecule has 1 atom stereocenters. The van der Waals surface area contributed by atoms with Crippen molar-refractivity contribution in [3.05, 3.63) is 76.8 Å². The van der Waals surface area contributed by atoms with Gasteiger partial charge in [0.2, 0.25) is 5.82 Å². The normalized spacial score (nSPS) is 16.2. The van der Waals surface area contributed by atoms with Crippen LogP contribution in [0.3, 0.4) is 0 Å². The number of urea groups is 1. The van der Waals surface area contributed by atoms with E-state index in [0.717, 1.165) is 40.8 Å². The molecule has 1 aromatic heterocycles. The average Bonchev–Trinajstić information content (AvgIpc) is 3.33. The number of ether oxygens (including phenoxy) is 1. The van der Waals surface area contributed by atoms with Crippen molar-refractivity contribution in [3.8, 4) is 11.4 Å². The largest absolute Gasteiger partial charge is 0.382 e. The van der Waals surface area contributed by atoms with Crippen LogP contribution in [0.5, 0.6) is 0 Å². The van der Waals surface area contributed by atoms with Crippen LogP contribution >= 0.6 is 0 Å². The fraction of sp³-hybridized carbons (Fsp3) is 0.370. The lowest BCUT2D eigenvalue weighted by Crippen LogP contribution is -2.46. The highest BCUT2D eigenvalue weighted by Gasteiger charge is 2.35. The van der Waals surface area contributed by atoms with E-state index in [1.807, 2.05) is 57.2 Å². The van der Waals surface area contributed by atoms with Crippen molar-refractivity contribution in [2.45, 2.75) is 46.6 Å². The van der Waals surface area contributed by atoms with Crippen LogP contribution in [-0.4, -0.2) is 40.8 Å². The fourth-order valence-electron chi connectivity index (χ4n) is 4.15. The lowest BCUT2D eigenvalue weighted by Gasteiger charge is -2.35. The second kappa shape index (κ2) is 10.7. The molecule has 0 bridgehead atoms. The first-order chi connectivity index (χ1) is 16.5. The van der Waals surface area contributed by atoms with Crippen molar-refractivity contribution in [2.75, 3.05) is 19.8 Å². The van der Waals surface area contributed by atoms with E-state index in [9.17, 15) is 4.79 Å². The Balaban J connectivity index is 1.71. The quantitative estimate of drug-likeness (QED) is 0.425. The third-order valence-corrected chi connectivity index (χ3v) is 6.16. The topological polar surface area (TPSA) is 80.5 Å². The molecule has 1 N–H and O–H groups in total. The minimum Gasteiger partial charge on any atom is -0.382 e. The number of carbonyl (C=O) groups excluding carboxylic acids is 1. The highest BCUT2D eigenvalue weighted by Crippen LogP contribution is 2.37. The number of hydrogen-bond acceptors (Lipinski definition) is 5. The van der Waals surface area contributed by atoms with Crippen molar-refractivity contribution in [3.63, 3.8) is 0 Å². The maximum atomic E-state index is 13.1. The first kappa shape index (κ1) is 23.7. The molecule has 2 amide bonds. The Morgan fingerprint density at radius 2 is 1.79 bits per heavy atom. The van der Waals surface area contributed by atoms with E-state index < -0.39 is 0 Å². The zero-order valence-corrected chi connectivity index (χ0v) is 20.3. The maximum absolute atomic E-state index is 13.1. The number of nitrogens with zero attached hydrogens (tertiary/aromatic N) is 3. The summed E-state index contributed by atoms with van der Waals surface area (Å²) in [6.07, 6.45) is 1.71. The van der Waals surface area contributed by atoms with Gasteiger partial charge in [-0.1, -0.05) is 66.2 Å². The van der Waals surface area contributed by atoms with Gasteiger partial charge in [-0.05, 0) is 44.7 Å². The van der Waals surface area contributed by atoms with E-state index in [-0.39, 0.29) is 12.1 Å². The van der Waals surface area contributed by atoms with E-state index in [2.05, 4.69) is 29.5 Å². The number of aromatic nitrogens is 2. The zero-order chi connectivity index (χ0) is 24.1. The van der Waals surface area contributed by atoms with Crippen LogP contribution in [-0.2, 0) is 11.2 Å². The van der Waals surface area contributed by atoms with Crippen LogP contribution < -0.4 is 5.32 Å². The summed E-state index contributed by atoms with van der Waals surface area (Å²) in [5.41, 5.74) is 5.88. The molecule has 7 heteroatoms. The van der Waals surface area contributed by atoms with Gasteiger partial charge in [-0.3, -0.25) is 4.90 Å². The van der Waals surface area contributed by atoms with Crippen molar-refractivity contribution in [1.82, 2.24) is 20.4 Å². The summed E-state index contributed by atoms with van der Waals surface area (Å²) in [6.45, 7) is 9.87. The summed E-state index contributed by atoms with van der Waals surface area (Å²) in [5, 5.41) is 7.40. The SMILES string of the molecule is CCOCCCN1C(=O)NC(c2ccc(C)cc2)C(c2nc(-c3ccc(CC)cc3)no2)=C1C. The van der Waals surface area contributed by atoms with Gasteiger partial charge >= 0.3 is 6.03 Å². The summed E-state index contributed by atoms with van der Waals surface area (Å²) < 4.78 is 11.2. The van der Waals surface area contributed by atoms with Crippen molar-refractivity contribution in [2.24, 2.45) is 0 Å². The number of allylic oxidation sites excluding steroid dienone is 1. The fourth-order valence-corrected chi connectivity index (χ4v) is 4.15. The smallest absolute Gasteiger partial charge is 0.322 e. The van der Waals surface area contributed by atoms with E-state index in [4.69, 9.17) is 14.2 Å². The zero-order valence-electron chi connectivity index (χ0n) is 20.3. The summed E-state index contributed by atoms with van der Waals surface area (Å²) >= 11 is 0. The maximum Gasteiger partial charge on any atom is 0.322 e. The number of rotatable bonds is 9. The van der Waals surface area contributed by atoms with Gasteiger partial charge in [-0.15, -0.1) is 0 Å². The molecule has 0 saturated heterocycles. The van der Waals surface area contributed by atoms with Crippen LogP contribution in [0.25, 0.3) is 17.0 Å². The number of hydrogen-bond donors (Lipinski definition) is 1. The number of carbonyl (C=O) groups is 1. The van der Waals surface area contributed by atoms with Gasteiger partial charge in [0.15, 0.2) is 0 Å². The van der Waals surface area contributed by atoms with Crippen LogP contribution in [0.15, 0.2) is 58.8 Å². The monoisotopic (exact) mass is 460 g/mol. The first-order valence-corrected chi connectivity index (χ1v) is 11.9. The number of nitrogens with one attached hydrogen (secondary N) is 1. The molecule has 3 aromatic rings. The molecule has 2 aromatic carbocycles. The lowest BCUT2D eigenvalue weighted by atomic mass is 9.94. The molecule has 4 rings (SSSR count).